The number of allylic oxidation sites excluding steroid dienone is 6. The minimum absolute atomic E-state index is 0.0423. The zero-order valence-corrected chi connectivity index (χ0v) is 18.2. The average Bonchev–Trinajstić information content (AvgIpc) is 3.59. The number of hydrogen-bond acceptors (Lipinski definition) is 5. The highest BCUT2D eigenvalue weighted by Crippen LogP contribution is 2.59. The van der Waals surface area contributed by atoms with E-state index in [0.717, 1.165) is 25.9 Å². The van der Waals surface area contributed by atoms with Gasteiger partial charge < -0.3 is 18.9 Å². The van der Waals surface area contributed by atoms with Crippen molar-refractivity contribution >= 4 is 5.97 Å². The number of epoxide rings is 2. The van der Waals surface area contributed by atoms with E-state index in [0.29, 0.717) is 0 Å². The number of hydrogen-bond donors (Lipinski definition) is 0. The van der Waals surface area contributed by atoms with Crippen molar-refractivity contribution in [2.24, 2.45) is 5.92 Å². The maximum atomic E-state index is 12.3. The van der Waals surface area contributed by atoms with E-state index in [-0.39, 0.29) is 41.4 Å². The van der Waals surface area contributed by atoms with Crippen molar-refractivity contribution in [2.45, 2.75) is 76.5 Å². The fourth-order valence-corrected chi connectivity index (χ4v) is 4.63. The fraction of sp³-hybridized carbons (Fsp3) is 0.625. The predicted molar refractivity (Wildman–Crippen MR) is 113 cm³/mol. The Labute approximate surface area is 174 Å². The average molecular weight is 403 g/mol. The second-order valence-electron chi connectivity index (χ2n) is 8.62. The lowest BCUT2D eigenvalue weighted by molar-refractivity contribution is -0.166. The maximum absolute atomic E-state index is 12.3. The molecule has 160 valence electrons. The number of carbonyl (C=O) groups is 1. The Morgan fingerprint density at radius 2 is 1.93 bits per heavy atom. The van der Waals surface area contributed by atoms with Crippen LogP contribution in [0, 0.1) is 5.92 Å². The number of methoxy groups -OCH3 is 1. The van der Waals surface area contributed by atoms with Gasteiger partial charge in [-0.3, -0.25) is 0 Å². The minimum Gasteiger partial charge on any atom is -0.456 e. The van der Waals surface area contributed by atoms with Crippen molar-refractivity contribution in [3.63, 3.8) is 0 Å². The van der Waals surface area contributed by atoms with Gasteiger partial charge in [0.1, 0.15) is 23.4 Å². The van der Waals surface area contributed by atoms with E-state index in [9.17, 15) is 4.79 Å². The number of esters is 1. The number of rotatable bonds is 8. The molecule has 0 unspecified atom stereocenters. The van der Waals surface area contributed by atoms with Gasteiger partial charge in [0.25, 0.3) is 0 Å². The summed E-state index contributed by atoms with van der Waals surface area (Å²) in [6, 6.07) is 0. The smallest absolute Gasteiger partial charge is 0.331 e. The lowest BCUT2D eigenvalue weighted by Gasteiger charge is -2.42. The van der Waals surface area contributed by atoms with Gasteiger partial charge in [0, 0.05) is 13.2 Å². The molecule has 3 aliphatic rings. The van der Waals surface area contributed by atoms with Gasteiger partial charge in [-0.1, -0.05) is 42.0 Å². The molecule has 29 heavy (non-hydrogen) atoms. The van der Waals surface area contributed by atoms with E-state index in [4.69, 9.17) is 18.9 Å². The molecule has 5 nitrogen and oxygen atoms in total. The highest BCUT2D eigenvalue weighted by molar-refractivity contribution is 5.82. The first-order valence-corrected chi connectivity index (χ1v) is 10.5. The van der Waals surface area contributed by atoms with E-state index >= 15 is 0 Å². The third-order valence-corrected chi connectivity index (χ3v) is 6.26. The van der Waals surface area contributed by atoms with Gasteiger partial charge in [-0.15, -0.1) is 0 Å². The molecule has 2 saturated heterocycles. The quantitative estimate of drug-likeness (QED) is 0.199. The van der Waals surface area contributed by atoms with E-state index in [2.05, 4.69) is 26.8 Å². The monoisotopic (exact) mass is 402 g/mol. The first-order valence-electron chi connectivity index (χ1n) is 10.5. The van der Waals surface area contributed by atoms with Crippen LogP contribution in [0.5, 0.6) is 0 Å². The van der Waals surface area contributed by atoms with Crippen molar-refractivity contribution in [1.29, 1.82) is 0 Å². The minimum atomic E-state index is -0.350. The molecule has 0 amide bonds. The highest BCUT2D eigenvalue weighted by Gasteiger charge is 2.72. The summed E-state index contributed by atoms with van der Waals surface area (Å²) < 4.78 is 23.8. The Kier molecular flexibility index (Phi) is 6.82. The van der Waals surface area contributed by atoms with Crippen molar-refractivity contribution < 1.29 is 23.7 Å². The van der Waals surface area contributed by atoms with Gasteiger partial charge in [0.05, 0.1) is 18.6 Å². The van der Waals surface area contributed by atoms with Crippen LogP contribution in [0.15, 0.2) is 48.1 Å². The summed E-state index contributed by atoms with van der Waals surface area (Å²) in [5.74, 6) is -0.308. The zero-order chi connectivity index (χ0) is 21.1. The Bertz CT molecular complexity index is 711. The van der Waals surface area contributed by atoms with Crippen molar-refractivity contribution in [3.8, 4) is 0 Å². The van der Waals surface area contributed by atoms with Crippen LogP contribution in [-0.2, 0) is 23.7 Å². The van der Waals surface area contributed by atoms with Crippen molar-refractivity contribution in [1.82, 2.24) is 0 Å². The molecule has 0 aromatic heterocycles. The Hall–Kier alpha value is -1.69. The van der Waals surface area contributed by atoms with Gasteiger partial charge in [-0.25, -0.2) is 4.79 Å². The molecule has 1 saturated carbocycles. The van der Waals surface area contributed by atoms with Crippen LogP contribution in [0.25, 0.3) is 0 Å². The zero-order valence-electron chi connectivity index (χ0n) is 18.2. The summed E-state index contributed by atoms with van der Waals surface area (Å²) in [4.78, 5) is 12.3. The first kappa shape index (κ1) is 22.0. The number of carbonyl (C=O) groups excluding carboxylic acids is 1. The Morgan fingerprint density at radius 1 is 1.21 bits per heavy atom. The van der Waals surface area contributed by atoms with Crippen LogP contribution < -0.4 is 0 Å². The molecular weight excluding hydrogens is 368 g/mol. The summed E-state index contributed by atoms with van der Waals surface area (Å²) in [5.41, 5.74) is 0.761. The summed E-state index contributed by atoms with van der Waals surface area (Å²) in [6.45, 7) is 9.01. The van der Waals surface area contributed by atoms with Gasteiger partial charge in [0.2, 0.25) is 0 Å². The summed E-state index contributed by atoms with van der Waals surface area (Å²) in [5, 5.41) is 0. The second kappa shape index (κ2) is 8.99. The molecular formula is C24H34O5. The van der Waals surface area contributed by atoms with E-state index < -0.39 is 0 Å². The Morgan fingerprint density at radius 3 is 2.55 bits per heavy atom. The molecule has 5 heteroatoms. The molecule has 1 spiro atoms. The van der Waals surface area contributed by atoms with E-state index in [1.54, 1.807) is 19.3 Å². The molecule has 1 aliphatic carbocycles. The molecule has 0 aromatic carbocycles. The summed E-state index contributed by atoms with van der Waals surface area (Å²) in [6.07, 6.45) is 14.9. The molecule has 6 atom stereocenters. The van der Waals surface area contributed by atoms with Gasteiger partial charge in [0.15, 0.2) is 0 Å². The third-order valence-electron chi connectivity index (χ3n) is 6.26. The molecule has 2 heterocycles. The largest absolute Gasteiger partial charge is 0.456 e. The van der Waals surface area contributed by atoms with Crippen molar-refractivity contribution in [2.75, 3.05) is 13.7 Å². The lowest BCUT2D eigenvalue weighted by atomic mass is 9.68. The summed E-state index contributed by atoms with van der Waals surface area (Å²) in [7, 11) is 1.69. The third kappa shape index (κ3) is 4.90. The molecule has 3 rings (SSSR count). The molecule has 0 N–H and O–H groups in total. The van der Waals surface area contributed by atoms with Gasteiger partial charge in [-0.2, -0.15) is 0 Å². The summed E-state index contributed by atoms with van der Waals surface area (Å²) >= 11 is 0. The predicted octanol–water partition coefficient (Wildman–Crippen LogP) is 4.29. The van der Waals surface area contributed by atoms with E-state index in [1.165, 1.54) is 11.6 Å². The van der Waals surface area contributed by atoms with Crippen LogP contribution in [-0.4, -0.2) is 49.2 Å². The van der Waals surface area contributed by atoms with Gasteiger partial charge >= 0.3 is 5.97 Å². The molecule has 0 aromatic rings. The fourth-order valence-electron chi connectivity index (χ4n) is 4.63. The van der Waals surface area contributed by atoms with Crippen LogP contribution in [0.3, 0.4) is 0 Å². The van der Waals surface area contributed by atoms with E-state index in [1.807, 2.05) is 25.2 Å². The number of ether oxygens (including phenoxy) is 4. The molecule has 0 radical (unpaired) electrons. The SMILES string of the molecule is C/C=C/C=C/C=C/C(=O)O[C@@H]1CC[C@]2(CO2)[C@@H]([C@@]2(C)O[C@@H]2CC=C(C)C)[C@@H]1OC. The topological polar surface area (TPSA) is 60.6 Å². The maximum Gasteiger partial charge on any atom is 0.331 e. The standard InChI is InChI=1S/C24H34O5/c1-6-7-8-9-10-11-20(25)28-18-14-15-24(16-27-24)22(21(18)26-5)23(4)19(29-23)13-12-17(2)3/h6-12,18-19,21-22H,13-16H2,1-5H3/b7-6+,9-8+,11-10+/t18-,19-,21-,22-,23+,24+/m1/s1. The van der Waals surface area contributed by atoms with Crippen LogP contribution in [0.1, 0.15) is 47.0 Å². The van der Waals surface area contributed by atoms with Crippen LogP contribution >= 0.6 is 0 Å². The Balaban J connectivity index is 1.69. The molecule has 3 fully saturated rings. The highest BCUT2D eigenvalue weighted by atomic mass is 16.6. The van der Waals surface area contributed by atoms with Crippen molar-refractivity contribution in [3.05, 3.63) is 48.1 Å². The van der Waals surface area contributed by atoms with Crippen LogP contribution in [0.2, 0.25) is 0 Å². The normalized spacial score (nSPS) is 38.8. The van der Waals surface area contributed by atoms with Crippen LogP contribution in [0.4, 0.5) is 0 Å². The first-order chi connectivity index (χ1) is 13.9. The molecule has 2 aliphatic heterocycles. The lowest BCUT2D eigenvalue weighted by Crippen LogP contribution is -2.55. The van der Waals surface area contributed by atoms with Gasteiger partial charge in [-0.05, 0) is 47.0 Å². The second-order valence-corrected chi connectivity index (χ2v) is 8.62. The molecule has 0 bridgehead atoms.